The normalized spacial score (nSPS) is 14.1. The smallest absolute Gasteiger partial charge is 0.343 e. The van der Waals surface area contributed by atoms with Crippen LogP contribution in [0.25, 0.3) is 17.4 Å². The Labute approximate surface area is 190 Å². The highest BCUT2D eigenvalue weighted by molar-refractivity contribution is 6.46. The van der Waals surface area contributed by atoms with Crippen LogP contribution in [0.3, 0.4) is 0 Å². The number of urea groups is 1. The standard InChI is InChI=1S/C27H18N2O4/c30-25-23(18-22-16-17-24(33-22)19-10-4-1-5-11-19)26(31)29(21-14-8-3-9-15-21)27(32)28(25)20-12-6-2-7-13-20/h1-18H. The van der Waals surface area contributed by atoms with Crippen LogP contribution < -0.4 is 9.80 Å². The highest BCUT2D eigenvalue weighted by atomic mass is 16.3. The van der Waals surface area contributed by atoms with E-state index in [2.05, 4.69) is 0 Å². The van der Waals surface area contributed by atoms with E-state index in [0.29, 0.717) is 22.9 Å². The van der Waals surface area contributed by atoms with Crippen LogP contribution in [0.5, 0.6) is 0 Å². The fourth-order valence-electron chi connectivity index (χ4n) is 3.67. The molecule has 4 amide bonds. The first-order valence-electron chi connectivity index (χ1n) is 10.3. The number of rotatable bonds is 4. The molecule has 6 nitrogen and oxygen atoms in total. The molecule has 0 bridgehead atoms. The Bertz CT molecular complexity index is 1300. The Morgan fingerprint density at radius 2 is 1.06 bits per heavy atom. The van der Waals surface area contributed by atoms with Crippen LogP contribution in [-0.4, -0.2) is 17.8 Å². The summed E-state index contributed by atoms with van der Waals surface area (Å²) >= 11 is 0. The number of barbiturate groups is 1. The van der Waals surface area contributed by atoms with Crippen molar-refractivity contribution in [2.45, 2.75) is 0 Å². The number of nitrogens with zero attached hydrogens (tertiary/aromatic N) is 2. The molecule has 1 aliphatic rings. The second kappa shape index (κ2) is 8.43. The lowest BCUT2D eigenvalue weighted by molar-refractivity contribution is -0.121. The van der Waals surface area contributed by atoms with Crippen LogP contribution in [0.2, 0.25) is 0 Å². The number of carbonyl (C=O) groups is 3. The quantitative estimate of drug-likeness (QED) is 0.313. The lowest BCUT2D eigenvalue weighted by Crippen LogP contribution is -2.57. The molecule has 0 saturated carbocycles. The van der Waals surface area contributed by atoms with Gasteiger partial charge in [0.2, 0.25) is 0 Å². The number of hydrogen-bond acceptors (Lipinski definition) is 4. The summed E-state index contributed by atoms with van der Waals surface area (Å²) < 4.78 is 5.88. The SMILES string of the molecule is O=C1C(=Cc2ccc(-c3ccccc3)o2)C(=O)N(c2ccccc2)C(=O)N1c1ccccc1. The molecule has 160 valence electrons. The van der Waals surface area contributed by atoms with Crippen molar-refractivity contribution in [3.8, 4) is 11.3 Å². The van der Waals surface area contributed by atoms with E-state index < -0.39 is 17.8 Å². The Hall–Kier alpha value is -4.71. The van der Waals surface area contributed by atoms with Crippen molar-refractivity contribution < 1.29 is 18.8 Å². The van der Waals surface area contributed by atoms with Gasteiger partial charge in [0.05, 0.1) is 11.4 Å². The molecule has 33 heavy (non-hydrogen) atoms. The van der Waals surface area contributed by atoms with E-state index in [-0.39, 0.29) is 5.57 Å². The summed E-state index contributed by atoms with van der Waals surface area (Å²) in [7, 11) is 0. The van der Waals surface area contributed by atoms with Gasteiger partial charge in [-0.2, -0.15) is 0 Å². The monoisotopic (exact) mass is 434 g/mol. The Morgan fingerprint density at radius 3 is 1.58 bits per heavy atom. The van der Waals surface area contributed by atoms with E-state index >= 15 is 0 Å². The molecule has 0 N–H and O–H groups in total. The molecule has 4 aromatic rings. The summed E-state index contributed by atoms with van der Waals surface area (Å²) in [5.74, 6) is -0.475. The first-order chi connectivity index (χ1) is 16.1. The van der Waals surface area contributed by atoms with E-state index in [9.17, 15) is 14.4 Å². The first kappa shape index (κ1) is 20.2. The first-order valence-corrected chi connectivity index (χ1v) is 10.3. The van der Waals surface area contributed by atoms with Crippen LogP contribution >= 0.6 is 0 Å². The van der Waals surface area contributed by atoms with Crippen molar-refractivity contribution in [2.24, 2.45) is 0 Å². The summed E-state index contributed by atoms with van der Waals surface area (Å²) in [6, 6.07) is 29.3. The Morgan fingerprint density at radius 1 is 0.576 bits per heavy atom. The maximum absolute atomic E-state index is 13.4. The second-order valence-electron chi connectivity index (χ2n) is 7.36. The van der Waals surface area contributed by atoms with Gasteiger partial charge in [-0.1, -0.05) is 66.7 Å². The van der Waals surface area contributed by atoms with Crippen LogP contribution in [0, 0.1) is 0 Å². The molecule has 1 fully saturated rings. The Kier molecular flexibility index (Phi) is 5.16. The van der Waals surface area contributed by atoms with Crippen molar-refractivity contribution in [3.05, 3.63) is 114 Å². The van der Waals surface area contributed by atoms with Gasteiger partial charge in [-0.05, 0) is 42.5 Å². The minimum Gasteiger partial charge on any atom is -0.457 e. The van der Waals surface area contributed by atoms with Crippen LogP contribution in [0.15, 0.2) is 113 Å². The van der Waals surface area contributed by atoms with Crippen LogP contribution in [-0.2, 0) is 9.59 Å². The van der Waals surface area contributed by atoms with Gasteiger partial charge in [-0.25, -0.2) is 14.6 Å². The molecule has 1 aromatic heterocycles. The minimum absolute atomic E-state index is 0.170. The van der Waals surface area contributed by atoms with E-state index in [1.807, 2.05) is 30.3 Å². The van der Waals surface area contributed by atoms with Gasteiger partial charge in [0.1, 0.15) is 17.1 Å². The molecule has 1 aliphatic heterocycles. The number of imide groups is 2. The highest BCUT2D eigenvalue weighted by Gasteiger charge is 2.43. The number of benzene rings is 3. The molecular formula is C27H18N2O4. The average molecular weight is 434 g/mol. The lowest BCUT2D eigenvalue weighted by atomic mass is 10.1. The van der Waals surface area contributed by atoms with Gasteiger partial charge < -0.3 is 4.42 Å². The zero-order valence-electron chi connectivity index (χ0n) is 17.4. The summed E-state index contributed by atoms with van der Waals surface area (Å²) in [4.78, 5) is 42.0. The fraction of sp³-hybridized carbons (Fsp3) is 0. The van der Waals surface area contributed by atoms with E-state index in [0.717, 1.165) is 15.4 Å². The second-order valence-corrected chi connectivity index (χ2v) is 7.36. The molecule has 0 atom stereocenters. The van der Waals surface area contributed by atoms with E-state index in [4.69, 9.17) is 4.42 Å². The van der Waals surface area contributed by atoms with Gasteiger partial charge in [0.15, 0.2) is 0 Å². The topological polar surface area (TPSA) is 70.8 Å². The molecule has 0 radical (unpaired) electrons. The van der Waals surface area contributed by atoms with Crippen molar-refractivity contribution in [1.82, 2.24) is 0 Å². The third kappa shape index (κ3) is 3.74. The molecule has 0 spiro atoms. The summed E-state index contributed by atoms with van der Waals surface area (Å²) in [6.07, 6.45) is 1.38. The zero-order valence-corrected chi connectivity index (χ0v) is 17.4. The maximum Gasteiger partial charge on any atom is 0.343 e. The Balaban J connectivity index is 1.60. The van der Waals surface area contributed by atoms with Crippen molar-refractivity contribution in [3.63, 3.8) is 0 Å². The van der Waals surface area contributed by atoms with Crippen LogP contribution in [0.1, 0.15) is 5.76 Å². The predicted molar refractivity (Wildman–Crippen MR) is 125 cm³/mol. The van der Waals surface area contributed by atoms with Gasteiger partial charge in [-0.3, -0.25) is 9.59 Å². The molecule has 0 unspecified atom stereocenters. The molecule has 1 saturated heterocycles. The third-order valence-corrected chi connectivity index (χ3v) is 5.25. The number of para-hydroxylation sites is 2. The molecule has 6 heteroatoms. The molecule has 5 rings (SSSR count). The number of hydrogen-bond donors (Lipinski definition) is 0. The molecule has 2 heterocycles. The largest absolute Gasteiger partial charge is 0.457 e. The van der Waals surface area contributed by atoms with Gasteiger partial charge in [0.25, 0.3) is 11.8 Å². The highest BCUT2D eigenvalue weighted by Crippen LogP contribution is 2.30. The van der Waals surface area contributed by atoms with E-state index in [1.165, 1.54) is 6.08 Å². The molecule has 0 aliphatic carbocycles. The fourth-order valence-corrected chi connectivity index (χ4v) is 3.67. The summed E-state index contributed by atoms with van der Waals surface area (Å²) in [6.45, 7) is 0. The van der Waals surface area contributed by atoms with Crippen molar-refractivity contribution >= 4 is 35.3 Å². The number of carbonyl (C=O) groups excluding carboxylic acids is 3. The predicted octanol–water partition coefficient (Wildman–Crippen LogP) is 5.53. The minimum atomic E-state index is -0.732. The van der Waals surface area contributed by atoms with Crippen molar-refractivity contribution in [1.29, 1.82) is 0 Å². The third-order valence-electron chi connectivity index (χ3n) is 5.25. The molecule has 3 aromatic carbocycles. The average Bonchev–Trinajstić information content (AvgIpc) is 3.33. The van der Waals surface area contributed by atoms with Gasteiger partial charge in [0, 0.05) is 5.56 Å². The number of furan rings is 1. The maximum atomic E-state index is 13.4. The van der Waals surface area contributed by atoms with Crippen LogP contribution in [0.4, 0.5) is 16.2 Å². The van der Waals surface area contributed by atoms with Crippen molar-refractivity contribution in [2.75, 3.05) is 9.80 Å². The summed E-state index contributed by atoms with van der Waals surface area (Å²) in [5.41, 5.74) is 1.44. The number of anilines is 2. The zero-order chi connectivity index (χ0) is 22.8. The van der Waals surface area contributed by atoms with Gasteiger partial charge in [-0.15, -0.1) is 0 Å². The van der Waals surface area contributed by atoms with E-state index in [1.54, 1.807) is 72.8 Å². The summed E-state index contributed by atoms with van der Waals surface area (Å²) in [5, 5.41) is 0. The number of amides is 4. The van der Waals surface area contributed by atoms with Gasteiger partial charge >= 0.3 is 6.03 Å². The molecular weight excluding hydrogens is 416 g/mol. The lowest BCUT2D eigenvalue weighted by Gasteiger charge is -2.33.